The molecule has 0 radical (unpaired) electrons. The summed E-state index contributed by atoms with van der Waals surface area (Å²) in [5.74, 6) is -0.630. The van der Waals surface area contributed by atoms with Crippen LogP contribution in [0.4, 0.5) is 0 Å². The Hall–Kier alpha value is -0.630. The molecule has 0 spiro atoms. The van der Waals surface area contributed by atoms with Gasteiger partial charge < -0.3 is 4.74 Å². The van der Waals surface area contributed by atoms with E-state index >= 15 is 0 Å². The summed E-state index contributed by atoms with van der Waals surface area (Å²) in [5, 5.41) is 4.96. The standard InChI is InChI=1S/C7H8ClNO4S2/c1-3-4(7(10)13-2)14-6(8)5(3)15(9,11)12/h1-2H3,(H2,9,11,12). The first kappa shape index (κ1) is 12.4. The van der Waals surface area contributed by atoms with Crippen LogP contribution < -0.4 is 5.14 Å². The number of sulfonamides is 1. The van der Waals surface area contributed by atoms with Crippen molar-refractivity contribution in [1.82, 2.24) is 0 Å². The van der Waals surface area contributed by atoms with Crippen LogP contribution in [0.3, 0.4) is 0 Å². The Morgan fingerprint density at radius 1 is 1.53 bits per heavy atom. The molecule has 2 N–H and O–H groups in total. The Morgan fingerprint density at radius 3 is 2.40 bits per heavy atom. The molecule has 0 saturated carbocycles. The highest BCUT2D eigenvalue weighted by Crippen LogP contribution is 2.35. The number of esters is 1. The molecule has 0 amide bonds. The highest BCUT2D eigenvalue weighted by Gasteiger charge is 2.25. The van der Waals surface area contributed by atoms with E-state index in [1.165, 1.54) is 14.0 Å². The van der Waals surface area contributed by atoms with Crippen molar-refractivity contribution in [1.29, 1.82) is 0 Å². The minimum Gasteiger partial charge on any atom is -0.465 e. The molecule has 0 bridgehead atoms. The van der Waals surface area contributed by atoms with E-state index < -0.39 is 16.0 Å². The van der Waals surface area contributed by atoms with Crippen LogP contribution in [0.15, 0.2) is 4.90 Å². The molecule has 1 aromatic heterocycles. The van der Waals surface area contributed by atoms with Gasteiger partial charge in [0.15, 0.2) is 0 Å². The van der Waals surface area contributed by atoms with E-state index in [2.05, 4.69) is 4.74 Å². The number of hydrogen-bond acceptors (Lipinski definition) is 5. The lowest BCUT2D eigenvalue weighted by Crippen LogP contribution is -2.13. The van der Waals surface area contributed by atoms with Crippen molar-refractivity contribution in [2.24, 2.45) is 5.14 Å². The smallest absolute Gasteiger partial charge is 0.348 e. The molecule has 0 aromatic carbocycles. The Bertz CT molecular complexity index is 505. The minimum absolute atomic E-state index is 0.0320. The van der Waals surface area contributed by atoms with E-state index in [1.807, 2.05) is 0 Å². The highest BCUT2D eigenvalue weighted by atomic mass is 35.5. The van der Waals surface area contributed by atoms with Crippen LogP contribution >= 0.6 is 22.9 Å². The van der Waals surface area contributed by atoms with E-state index in [1.54, 1.807) is 0 Å². The quantitative estimate of drug-likeness (QED) is 0.816. The second-order valence-electron chi connectivity index (χ2n) is 2.70. The summed E-state index contributed by atoms with van der Waals surface area (Å²) in [6.07, 6.45) is 0. The van der Waals surface area contributed by atoms with Crippen LogP contribution in [-0.4, -0.2) is 21.5 Å². The highest BCUT2D eigenvalue weighted by molar-refractivity contribution is 7.89. The number of ether oxygens (including phenoxy) is 1. The van der Waals surface area contributed by atoms with Gasteiger partial charge in [0.1, 0.15) is 14.1 Å². The molecule has 0 fully saturated rings. The number of hydrogen-bond donors (Lipinski definition) is 1. The van der Waals surface area contributed by atoms with Gasteiger partial charge in [0, 0.05) is 0 Å². The fourth-order valence-corrected chi connectivity index (χ4v) is 3.91. The third-order valence-electron chi connectivity index (χ3n) is 1.71. The third-order valence-corrected chi connectivity index (χ3v) is 4.51. The molecule has 0 aliphatic heterocycles. The first-order chi connectivity index (χ1) is 6.79. The zero-order valence-corrected chi connectivity index (χ0v) is 10.3. The predicted octanol–water partition coefficient (Wildman–Crippen LogP) is 1.14. The second kappa shape index (κ2) is 4.09. The summed E-state index contributed by atoms with van der Waals surface area (Å²) in [6, 6.07) is 0. The normalized spacial score (nSPS) is 11.5. The molecule has 0 aliphatic carbocycles. The predicted molar refractivity (Wildman–Crippen MR) is 56.8 cm³/mol. The van der Waals surface area contributed by atoms with Crippen LogP contribution in [0.25, 0.3) is 0 Å². The van der Waals surface area contributed by atoms with E-state index in [4.69, 9.17) is 16.7 Å². The zero-order valence-electron chi connectivity index (χ0n) is 7.90. The van der Waals surface area contributed by atoms with E-state index in [0.717, 1.165) is 11.3 Å². The van der Waals surface area contributed by atoms with Gasteiger partial charge in [-0.25, -0.2) is 18.4 Å². The Morgan fingerprint density at radius 2 is 2.07 bits per heavy atom. The van der Waals surface area contributed by atoms with Crippen molar-refractivity contribution in [3.63, 3.8) is 0 Å². The van der Waals surface area contributed by atoms with Crippen molar-refractivity contribution in [2.75, 3.05) is 7.11 Å². The maximum absolute atomic E-state index is 11.2. The van der Waals surface area contributed by atoms with Gasteiger partial charge in [-0.15, -0.1) is 11.3 Å². The molecule has 1 aromatic rings. The summed E-state index contributed by atoms with van der Waals surface area (Å²) in [6.45, 7) is 1.45. The maximum atomic E-state index is 11.2. The first-order valence-electron chi connectivity index (χ1n) is 3.69. The Kier molecular flexibility index (Phi) is 3.39. The molecule has 0 atom stereocenters. The number of carbonyl (C=O) groups is 1. The zero-order chi connectivity index (χ0) is 11.8. The average molecular weight is 270 g/mol. The molecule has 1 rings (SSSR count). The monoisotopic (exact) mass is 269 g/mol. The molecular formula is C7H8ClNO4S2. The first-order valence-corrected chi connectivity index (χ1v) is 6.43. The average Bonchev–Trinajstić information content (AvgIpc) is 2.39. The molecule has 0 saturated heterocycles. The van der Waals surface area contributed by atoms with E-state index in [9.17, 15) is 13.2 Å². The minimum atomic E-state index is -3.91. The molecule has 5 nitrogen and oxygen atoms in total. The summed E-state index contributed by atoms with van der Waals surface area (Å²) in [7, 11) is -2.71. The number of methoxy groups -OCH3 is 1. The number of rotatable bonds is 2. The molecule has 0 aliphatic rings. The molecular weight excluding hydrogens is 262 g/mol. The molecule has 0 unspecified atom stereocenters. The van der Waals surface area contributed by atoms with E-state index in [0.29, 0.717) is 0 Å². The Labute approximate surface area is 95.8 Å². The topological polar surface area (TPSA) is 86.5 Å². The lowest BCUT2D eigenvalue weighted by atomic mass is 10.3. The lowest BCUT2D eigenvalue weighted by Gasteiger charge is -1.98. The van der Waals surface area contributed by atoms with Gasteiger partial charge in [0.25, 0.3) is 0 Å². The van der Waals surface area contributed by atoms with Gasteiger partial charge in [0.2, 0.25) is 10.0 Å². The number of thiophene rings is 1. The SMILES string of the molecule is COC(=O)c1sc(Cl)c(S(N)(=O)=O)c1C. The summed E-state index contributed by atoms with van der Waals surface area (Å²) in [4.78, 5) is 11.2. The van der Waals surface area contributed by atoms with Crippen molar-refractivity contribution in [2.45, 2.75) is 11.8 Å². The van der Waals surface area contributed by atoms with Gasteiger partial charge >= 0.3 is 5.97 Å². The van der Waals surface area contributed by atoms with Gasteiger partial charge in [-0.3, -0.25) is 0 Å². The summed E-state index contributed by atoms with van der Waals surface area (Å²) in [5.41, 5.74) is 0.222. The van der Waals surface area contributed by atoms with Crippen LogP contribution in [-0.2, 0) is 14.8 Å². The Balaban J connectivity index is 3.47. The molecule has 84 valence electrons. The van der Waals surface area contributed by atoms with Crippen LogP contribution in [0.2, 0.25) is 4.34 Å². The molecule has 15 heavy (non-hydrogen) atoms. The van der Waals surface area contributed by atoms with E-state index in [-0.39, 0.29) is 19.7 Å². The largest absolute Gasteiger partial charge is 0.465 e. The number of halogens is 1. The molecule has 1 heterocycles. The fraction of sp³-hybridized carbons (Fsp3) is 0.286. The van der Waals surface area contributed by atoms with Crippen molar-refractivity contribution < 1.29 is 17.9 Å². The number of carbonyl (C=O) groups excluding carboxylic acids is 1. The van der Waals surface area contributed by atoms with Crippen LogP contribution in [0.1, 0.15) is 15.2 Å². The summed E-state index contributed by atoms with van der Waals surface area (Å²) >= 11 is 6.52. The maximum Gasteiger partial charge on any atom is 0.348 e. The van der Waals surface area contributed by atoms with Gasteiger partial charge in [-0.2, -0.15) is 0 Å². The fourth-order valence-electron chi connectivity index (χ4n) is 1.08. The second-order valence-corrected chi connectivity index (χ2v) is 5.82. The lowest BCUT2D eigenvalue weighted by molar-refractivity contribution is 0.0605. The van der Waals surface area contributed by atoms with Crippen LogP contribution in [0.5, 0.6) is 0 Å². The summed E-state index contributed by atoms with van der Waals surface area (Å²) < 4.78 is 26.7. The van der Waals surface area contributed by atoms with Crippen molar-refractivity contribution >= 4 is 38.9 Å². The van der Waals surface area contributed by atoms with Crippen molar-refractivity contribution in [3.8, 4) is 0 Å². The van der Waals surface area contributed by atoms with Crippen molar-refractivity contribution in [3.05, 3.63) is 14.8 Å². The van der Waals surface area contributed by atoms with Gasteiger partial charge in [-0.05, 0) is 12.5 Å². The third kappa shape index (κ3) is 2.31. The van der Waals surface area contributed by atoms with Gasteiger partial charge in [-0.1, -0.05) is 11.6 Å². The number of primary sulfonamides is 1. The number of nitrogens with two attached hydrogens (primary N) is 1. The molecule has 8 heteroatoms. The van der Waals surface area contributed by atoms with Gasteiger partial charge in [0.05, 0.1) is 7.11 Å². The van der Waals surface area contributed by atoms with Crippen LogP contribution in [0, 0.1) is 6.92 Å².